The summed E-state index contributed by atoms with van der Waals surface area (Å²) in [6, 6.07) is 4.35. The third-order valence-corrected chi connectivity index (χ3v) is 3.40. The molecule has 0 radical (unpaired) electrons. The second-order valence-corrected chi connectivity index (χ2v) is 5.09. The Balaban J connectivity index is 2.07. The van der Waals surface area contributed by atoms with Crippen LogP contribution in [-0.2, 0) is 4.79 Å². The van der Waals surface area contributed by atoms with Crippen LogP contribution in [0.25, 0.3) is 0 Å². The number of ether oxygens (including phenoxy) is 1. The van der Waals surface area contributed by atoms with E-state index in [2.05, 4.69) is 5.32 Å². The Bertz CT molecular complexity index is 484. The first-order valence-corrected chi connectivity index (χ1v) is 6.47. The van der Waals surface area contributed by atoms with Crippen molar-refractivity contribution in [2.24, 2.45) is 11.7 Å². The fourth-order valence-electron chi connectivity index (χ4n) is 1.99. The lowest BCUT2D eigenvalue weighted by molar-refractivity contribution is -0.121. The van der Waals surface area contributed by atoms with Crippen LogP contribution >= 0.6 is 0 Å². The maximum Gasteiger partial charge on any atom is 0.244 e. The van der Waals surface area contributed by atoms with E-state index in [1.165, 1.54) is 12.1 Å². The molecule has 1 amide bonds. The minimum Gasteiger partial charge on any atom is -0.491 e. The van der Waals surface area contributed by atoms with Crippen LogP contribution < -0.4 is 15.8 Å². The van der Waals surface area contributed by atoms with E-state index in [-0.39, 0.29) is 17.6 Å². The Morgan fingerprint density at radius 3 is 2.79 bits per heavy atom. The van der Waals surface area contributed by atoms with Gasteiger partial charge in [-0.2, -0.15) is 0 Å². The SMILES string of the molecule is CCOc1ccc(NC(=O)C(C)(N)C2CC2)cc1F. The van der Waals surface area contributed by atoms with Gasteiger partial charge in [0.2, 0.25) is 5.91 Å². The fourth-order valence-corrected chi connectivity index (χ4v) is 1.99. The number of nitrogens with two attached hydrogens (primary N) is 1. The molecule has 1 fully saturated rings. The Hall–Kier alpha value is -1.62. The van der Waals surface area contributed by atoms with Gasteiger partial charge in [-0.25, -0.2) is 4.39 Å². The van der Waals surface area contributed by atoms with E-state index >= 15 is 0 Å². The molecule has 0 spiro atoms. The molecular formula is C14H19FN2O2. The summed E-state index contributed by atoms with van der Waals surface area (Å²) in [7, 11) is 0. The molecule has 1 saturated carbocycles. The predicted molar refractivity (Wildman–Crippen MR) is 71.5 cm³/mol. The van der Waals surface area contributed by atoms with Gasteiger partial charge in [0.05, 0.1) is 12.1 Å². The average Bonchev–Trinajstić information content (AvgIpc) is 3.17. The molecule has 0 bridgehead atoms. The minimum absolute atomic E-state index is 0.179. The molecule has 1 aliphatic carbocycles. The number of amides is 1. The maximum atomic E-state index is 13.6. The molecule has 4 nitrogen and oxygen atoms in total. The van der Waals surface area contributed by atoms with Gasteiger partial charge < -0.3 is 15.8 Å². The smallest absolute Gasteiger partial charge is 0.244 e. The van der Waals surface area contributed by atoms with Crippen molar-refractivity contribution in [3.05, 3.63) is 24.0 Å². The second kappa shape index (κ2) is 5.17. The van der Waals surface area contributed by atoms with E-state index in [9.17, 15) is 9.18 Å². The zero-order chi connectivity index (χ0) is 14.0. The molecule has 0 saturated heterocycles. The van der Waals surface area contributed by atoms with Crippen molar-refractivity contribution < 1.29 is 13.9 Å². The number of anilines is 1. The summed E-state index contributed by atoms with van der Waals surface area (Å²) in [4.78, 5) is 12.0. The van der Waals surface area contributed by atoms with Gasteiger partial charge in [-0.3, -0.25) is 4.79 Å². The first-order valence-electron chi connectivity index (χ1n) is 6.47. The zero-order valence-electron chi connectivity index (χ0n) is 11.2. The predicted octanol–water partition coefficient (Wildman–Crippen LogP) is 2.29. The van der Waals surface area contributed by atoms with Crippen molar-refractivity contribution in [3.8, 4) is 5.75 Å². The summed E-state index contributed by atoms with van der Waals surface area (Å²) >= 11 is 0. The number of rotatable bonds is 5. The van der Waals surface area contributed by atoms with E-state index in [0.717, 1.165) is 12.8 Å². The molecule has 2 rings (SSSR count). The molecule has 1 aromatic rings. The van der Waals surface area contributed by atoms with Crippen molar-refractivity contribution in [1.82, 2.24) is 0 Å². The van der Waals surface area contributed by atoms with Crippen LogP contribution in [0.3, 0.4) is 0 Å². The van der Waals surface area contributed by atoms with Gasteiger partial charge in [-0.1, -0.05) is 0 Å². The Kier molecular flexibility index (Phi) is 3.75. The first-order chi connectivity index (χ1) is 8.95. The summed E-state index contributed by atoms with van der Waals surface area (Å²) in [6.45, 7) is 3.89. The fraction of sp³-hybridized carbons (Fsp3) is 0.500. The molecule has 1 aromatic carbocycles. The van der Waals surface area contributed by atoms with Crippen molar-refractivity contribution in [2.45, 2.75) is 32.2 Å². The van der Waals surface area contributed by atoms with Crippen molar-refractivity contribution in [1.29, 1.82) is 0 Å². The topological polar surface area (TPSA) is 64.3 Å². The molecule has 1 atom stereocenters. The molecule has 104 valence electrons. The van der Waals surface area contributed by atoms with Crippen LogP contribution in [0.4, 0.5) is 10.1 Å². The van der Waals surface area contributed by atoms with Gasteiger partial charge in [-0.15, -0.1) is 0 Å². The molecule has 1 unspecified atom stereocenters. The molecule has 1 aliphatic rings. The number of hydrogen-bond acceptors (Lipinski definition) is 3. The standard InChI is InChI=1S/C14H19FN2O2/c1-3-19-12-7-6-10(8-11(12)15)17-13(18)14(2,16)9-4-5-9/h6-9H,3-5,16H2,1-2H3,(H,17,18). The molecule has 3 N–H and O–H groups in total. The molecule has 0 aliphatic heterocycles. The summed E-state index contributed by atoms with van der Waals surface area (Å²) in [5.41, 5.74) is 5.50. The summed E-state index contributed by atoms with van der Waals surface area (Å²) in [5.74, 6) is -0.374. The highest BCUT2D eigenvalue weighted by atomic mass is 19.1. The highest BCUT2D eigenvalue weighted by Crippen LogP contribution is 2.38. The van der Waals surface area contributed by atoms with Crippen molar-refractivity contribution in [3.63, 3.8) is 0 Å². The Morgan fingerprint density at radius 2 is 2.26 bits per heavy atom. The van der Waals surface area contributed by atoms with E-state index in [1.807, 2.05) is 0 Å². The van der Waals surface area contributed by atoms with Crippen molar-refractivity contribution >= 4 is 11.6 Å². The van der Waals surface area contributed by atoms with Gasteiger partial charge in [-0.05, 0) is 44.7 Å². The number of carbonyl (C=O) groups is 1. The normalized spacial score (nSPS) is 17.7. The van der Waals surface area contributed by atoms with Gasteiger partial charge in [0.15, 0.2) is 11.6 Å². The molecule has 0 aromatic heterocycles. The van der Waals surface area contributed by atoms with Gasteiger partial charge in [0.1, 0.15) is 0 Å². The lowest BCUT2D eigenvalue weighted by Crippen LogP contribution is -2.50. The Labute approximate surface area is 112 Å². The van der Waals surface area contributed by atoms with Crippen LogP contribution in [0.2, 0.25) is 0 Å². The molecular weight excluding hydrogens is 247 g/mol. The van der Waals surface area contributed by atoms with Gasteiger partial charge >= 0.3 is 0 Å². The maximum absolute atomic E-state index is 13.6. The van der Waals surface area contributed by atoms with E-state index in [4.69, 9.17) is 10.5 Å². The highest BCUT2D eigenvalue weighted by molar-refractivity contribution is 5.98. The van der Waals surface area contributed by atoms with E-state index < -0.39 is 11.4 Å². The third-order valence-electron chi connectivity index (χ3n) is 3.40. The minimum atomic E-state index is -0.894. The first kappa shape index (κ1) is 13.8. The van der Waals surface area contributed by atoms with Crippen LogP contribution in [0.5, 0.6) is 5.75 Å². The number of carbonyl (C=O) groups excluding carboxylic acids is 1. The lowest BCUT2D eigenvalue weighted by atomic mass is 9.96. The zero-order valence-corrected chi connectivity index (χ0v) is 11.2. The van der Waals surface area contributed by atoms with Crippen LogP contribution in [0.15, 0.2) is 18.2 Å². The molecule has 5 heteroatoms. The lowest BCUT2D eigenvalue weighted by Gasteiger charge is -2.23. The number of halogens is 1. The van der Waals surface area contributed by atoms with Crippen LogP contribution in [-0.4, -0.2) is 18.1 Å². The Morgan fingerprint density at radius 1 is 1.58 bits per heavy atom. The largest absolute Gasteiger partial charge is 0.491 e. The molecule has 19 heavy (non-hydrogen) atoms. The summed E-state index contributed by atoms with van der Waals surface area (Å²) in [6.07, 6.45) is 1.94. The van der Waals surface area contributed by atoms with E-state index in [1.54, 1.807) is 19.9 Å². The quantitative estimate of drug-likeness (QED) is 0.859. The van der Waals surface area contributed by atoms with Gasteiger partial charge in [0, 0.05) is 11.8 Å². The highest BCUT2D eigenvalue weighted by Gasteiger charge is 2.44. The summed E-state index contributed by atoms with van der Waals surface area (Å²) in [5, 5.41) is 2.65. The van der Waals surface area contributed by atoms with E-state index in [0.29, 0.717) is 12.3 Å². The summed E-state index contributed by atoms with van der Waals surface area (Å²) < 4.78 is 18.7. The van der Waals surface area contributed by atoms with Crippen LogP contribution in [0, 0.1) is 11.7 Å². The number of nitrogens with one attached hydrogen (secondary N) is 1. The third kappa shape index (κ3) is 3.04. The number of benzene rings is 1. The van der Waals surface area contributed by atoms with Crippen LogP contribution in [0.1, 0.15) is 26.7 Å². The second-order valence-electron chi connectivity index (χ2n) is 5.09. The monoisotopic (exact) mass is 266 g/mol. The van der Waals surface area contributed by atoms with Gasteiger partial charge in [0.25, 0.3) is 0 Å². The van der Waals surface area contributed by atoms with Crippen molar-refractivity contribution in [2.75, 3.05) is 11.9 Å². The average molecular weight is 266 g/mol. The molecule has 0 heterocycles. The number of hydrogen-bond donors (Lipinski definition) is 2.